The van der Waals surface area contributed by atoms with E-state index in [1.165, 1.54) is 0 Å². The smallest absolute Gasteiger partial charge is 0.318 e. The van der Waals surface area contributed by atoms with Gasteiger partial charge in [0.1, 0.15) is 5.75 Å². The number of halogens is 1. The molecule has 0 fully saturated rings. The summed E-state index contributed by atoms with van der Waals surface area (Å²) in [5.41, 5.74) is 1.08. The van der Waals surface area contributed by atoms with Crippen molar-refractivity contribution in [1.29, 1.82) is 0 Å². The van der Waals surface area contributed by atoms with Crippen LogP contribution in [0.1, 0.15) is 12.5 Å². The average Bonchev–Trinajstić information content (AvgIpc) is 2.33. The molecule has 0 saturated heterocycles. The number of benzene rings is 1. The molecule has 1 aromatic carbocycles. The second-order valence-corrected chi connectivity index (χ2v) is 7.58. The van der Waals surface area contributed by atoms with Gasteiger partial charge < -0.3 is 5.11 Å². The summed E-state index contributed by atoms with van der Waals surface area (Å²) in [5, 5.41) is 8.54. The highest BCUT2D eigenvalue weighted by atomic mass is 79.9. The molecule has 0 radical (unpaired) electrons. The van der Waals surface area contributed by atoms with E-state index in [0.717, 1.165) is 10.0 Å². The van der Waals surface area contributed by atoms with Crippen LogP contribution in [0.2, 0.25) is 0 Å². The Balaban J connectivity index is 2.58. The number of hydrogen-bond acceptors (Lipinski definition) is 4. The number of nitrogens with zero attached hydrogens (tertiary/aromatic N) is 1. The molecule has 0 saturated carbocycles. The maximum atomic E-state index is 11.6. The molecular formula is C13H18BrNO4S. The third-order valence-electron chi connectivity index (χ3n) is 2.80. The van der Waals surface area contributed by atoms with Gasteiger partial charge in [0, 0.05) is 17.6 Å². The van der Waals surface area contributed by atoms with Crippen LogP contribution in [0.4, 0.5) is 0 Å². The molecule has 0 spiro atoms. The highest BCUT2D eigenvalue weighted by Gasteiger charge is 2.17. The fourth-order valence-electron chi connectivity index (χ4n) is 1.77. The Bertz CT molecular complexity index is 559. The van der Waals surface area contributed by atoms with Gasteiger partial charge in [0.05, 0.1) is 5.75 Å². The third kappa shape index (κ3) is 6.49. The van der Waals surface area contributed by atoms with Gasteiger partial charge in [0.15, 0.2) is 9.84 Å². The summed E-state index contributed by atoms with van der Waals surface area (Å²) < 4.78 is 24.1. The molecule has 0 amide bonds. The van der Waals surface area contributed by atoms with E-state index < -0.39 is 21.6 Å². The van der Waals surface area contributed by atoms with Gasteiger partial charge in [-0.1, -0.05) is 35.0 Å². The molecule has 0 bridgehead atoms. The molecule has 0 aliphatic heterocycles. The molecule has 0 aliphatic rings. The fraction of sp³-hybridized carbons (Fsp3) is 0.462. The van der Waals surface area contributed by atoms with Gasteiger partial charge in [-0.05, 0) is 24.2 Å². The van der Waals surface area contributed by atoms with Gasteiger partial charge in [-0.25, -0.2) is 8.42 Å². The van der Waals surface area contributed by atoms with E-state index in [4.69, 9.17) is 5.11 Å². The molecule has 7 heteroatoms. The van der Waals surface area contributed by atoms with E-state index in [0.29, 0.717) is 19.6 Å². The number of aliphatic carboxylic acids is 1. The topological polar surface area (TPSA) is 74.7 Å². The number of carbonyl (C=O) groups is 1. The van der Waals surface area contributed by atoms with E-state index in [2.05, 4.69) is 15.9 Å². The Morgan fingerprint density at radius 1 is 1.40 bits per heavy atom. The molecule has 0 atom stereocenters. The summed E-state index contributed by atoms with van der Waals surface area (Å²) in [5.74, 6) is -2.25. The minimum Gasteiger partial charge on any atom is -0.480 e. The zero-order chi connectivity index (χ0) is 15.2. The molecular weight excluding hydrogens is 346 g/mol. The van der Waals surface area contributed by atoms with Crippen molar-refractivity contribution in [2.45, 2.75) is 13.5 Å². The number of rotatable bonds is 8. The van der Waals surface area contributed by atoms with Gasteiger partial charge in [-0.3, -0.25) is 9.69 Å². The molecule has 1 aromatic rings. The molecule has 1 rings (SSSR count). The Morgan fingerprint density at radius 3 is 2.65 bits per heavy atom. The lowest BCUT2D eigenvalue weighted by atomic mass is 10.2. The monoisotopic (exact) mass is 363 g/mol. The van der Waals surface area contributed by atoms with Crippen LogP contribution in [-0.4, -0.2) is 49.0 Å². The first-order valence-electron chi connectivity index (χ1n) is 6.21. The van der Waals surface area contributed by atoms with Gasteiger partial charge in [-0.15, -0.1) is 0 Å². The van der Waals surface area contributed by atoms with E-state index in [1.54, 1.807) is 0 Å². The van der Waals surface area contributed by atoms with Crippen LogP contribution in [0, 0.1) is 0 Å². The minimum absolute atomic E-state index is 0.138. The highest BCUT2D eigenvalue weighted by molar-refractivity contribution is 9.10. The molecule has 0 aromatic heterocycles. The highest BCUT2D eigenvalue weighted by Crippen LogP contribution is 2.13. The van der Waals surface area contributed by atoms with Crippen molar-refractivity contribution >= 4 is 31.7 Å². The van der Waals surface area contributed by atoms with Crippen molar-refractivity contribution in [3.05, 3.63) is 34.3 Å². The number of sulfone groups is 1. The lowest BCUT2D eigenvalue weighted by Gasteiger charge is -2.20. The second kappa shape index (κ2) is 7.75. The summed E-state index contributed by atoms with van der Waals surface area (Å²) in [6.45, 7) is 3.62. The maximum Gasteiger partial charge on any atom is 0.318 e. The largest absolute Gasteiger partial charge is 0.480 e. The molecule has 1 N–H and O–H groups in total. The molecule has 20 heavy (non-hydrogen) atoms. The Morgan fingerprint density at radius 2 is 2.10 bits per heavy atom. The molecule has 5 nitrogen and oxygen atoms in total. The molecule has 112 valence electrons. The predicted molar refractivity (Wildman–Crippen MR) is 81.4 cm³/mol. The molecule has 0 unspecified atom stereocenters. The molecule has 0 aliphatic carbocycles. The summed E-state index contributed by atoms with van der Waals surface area (Å²) in [6, 6.07) is 7.80. The third-order valence-corrected chi connectivity index (χ3v) is 4.79. The number of hydrogen-bond donors (Lipinski definition) is 1. The Labute approximate surface area is 127 Å². The zero-order valence-corrected chi connectivity index (χ0v) is 13.7. The summed E-state index contributed by atoms with van der Waals surface area (Å²) >= 11 is 3.39. The van der Waals surface area contributed by atoms with E-state index >= 15 is 0 Å². The Kier molecular flexibility index (Phi) is 6.64. The maximum absolute atomic E-state index is 11.6. The normalized spacial score (nSPS) is 11.8. The first-order valence-corrected chi connectivity index (χ1v) is 8.83. The van der Waals surface area contributed by atoms with E-state index in [-0.39, 0.29) is 5.75 Å². The van der Waals surface area contributed by atoms with Crippen LogP contribution >= 0.6 is 15.9 Å². The van der Waals surface area contributed by atoms with Crippen LogP contribution in [-0.2, 0) is 21.2 Å². The average molecular weight is 364 g/mol. The van der Waals surface area contributed by atoms with Crippen molar-refractivity contribution in [3.8, 4) is 0 Å². The van der Waals surface area contributed by atoms with Crippen molar-refractivity contribution in [3.63, 3.8) is 0 Å². The van der Waals surface area contributed by atoms with Gasteiger partial charge in [-0.2, -0.15) is 0 Å². The van der Waals surface area contributed by atoms with Crippen molar-refractivity contribution in [1.82, 2.24) is 4.90 Å². The van der Waals surface area contributed by atoms with Crippen LogP contribution in [0.25, 0.3) is 0 Å². The van der Waals surface area contributed by atoms with Gasteiger partial charge in [0.2, 0.25) is 0 Å². The predicted octanol–water partition coefficient (Wildman–Crippen LogP) is 1.77. The summed E-state index contributed by atoms with van der Waals surface area (Å²) in [4.78, 5) is 12.4. The van der Waals surface area contributed by atoms with Crippen LogP contribution in [0.3, 0.4) is 0 Å². The number of carboxylic acid groups (broad SMARTS) is 1. The summed E-state index contributed by atoms with van der Waals surface area (Å²) in [6.07, 6.45) is 0. The van der Waals surface area contributed by atoms with Gasteiger partial charge >= 0.3 is 5.97 Å². The quantitative estimate of drug-likeness (QED) is 0.761. The van der Waals surface area contributed by atoms with Gasteiger partial charge in [0.25, 0.3) is 0 Å². The standard InChI is InChI=1S/C13H18BrNO4S/c1-2-15(6-7-20(18,19)10-13(16)17)9-11-4-3-5-12(14)8-11/h3-5,8H,2,6-7,9-10H2,1H3,(H,16,17). The van der Waals surface area contributed by atoms with Crippen LogP contribution in [0.15, 0.2) is 28.7 Å². The lowest BCUT2D eigenvalue weighted by Crippen LogP contribution is -2.31. The minimum atomic E-state index is -3.54. The fourth-order valence-corrected chi connectivity index (χ4v) is 3.27. The Hall–Kier alpha value is -0.920. The molecule has 0 heterocycles. The second-order valence-electron chi connectivity index (χ2n) is 4.48. The van der Waals surface area contributed by atoms with E-state index in [9.17, 15) is 13.2 Å². The van der Waals surface area contributed by atoms with Crippen LogP contribution < -0.4 is 0 Å². The zero-order valence-electron chi connectivity index (χ0n) is 11.3. The van der Waals surface area contributed by atoms with Crippen molar-refractivity contribution < 1.29 is 18.3 Å². The summed E-state index contributed by atoms with van der Waals surface area (Å²) in [7, 11) is -3.54. The first-order chi connectivity index (χ1) is 9.32. The SMILES string of the molecule is CCN(CCS(=O)(=O)CC(=O)O)Cc1cccc(Br)c1. The first kappa shape index (κ1) is 17.1. The van der Waals surface area contributed by atoms with Crippen molar-refractivity contribution in [2.24, 2.45) is 0 Å². The van der Waals surface area contributed by atoms with Crippen molar-refractivity contribution in [2.75, 3.05) is 24.6 Å². The van der Waals surface area contributed by atoms with Crippen LogP contribution in [0.5, 0.6) is 0 Å². The lowest BCUT2D eigenvalue weighted by molar-refractivity contribution is -0.134. The van der Waals surface area contributed by atoms with E-state index in [1.807, 2.05) is 36.1 Å². The number of carboxylic acids is 1.